The van der Waals surface area contributed by atoms with Crippen molar-refractivity contribution in [2.75, 3.05) is 13.2 Å². The number of ether oxygens (including phenoxy) is 1. The molecule has 0 bridgehead atoms. The standard InChI is InChI=1S/C10H10F2N2O3S/c11-7(12)5-16-3-1-8-13-10(17-14-8)9-6(15)2-4-18-9/h2,4,7,15H,1,3,5H2. The van der Waals surface area contributed by atoms with E-state index in [0.29, 0.717) is 10.7 Å². The van der Waals surface area contributed by atoms with Crippen molar-refractivity contribution >= 4 is 11.3 Å². The summed E-state index contributed by atoms with van der Waals surface area (Å²) in [5.74, 6) is 0.641. The lowest BCUT2D eigenvalue weighted by atomic mass is 10.4. The van der Waals surface area contributed by atoms with E-state index in [0.717, 1.165) is 0 Å². The zero-order valence-corrected chi connectivity index (χ0v) is 9.99. The minimum Gasteiger partial charge on any atom is -0.506 e. The molecule has 0 aliphatic heterocycles. The maximum absolute atomic E-state index is 11.8. The van der Waals surface area contributed by atoms with Gasteiger partial charge in [0.2, 0.25) is 0 Å². The Morgan fingerprint density at radius 3 is 3.00 bits per heavy atom. The minimum atomic E-state index is -2.48. The second-order valence-electron chi connectivity index (χ2n) is 3.37. The molecule has 98 valence electrons. The highest BCUT2D eigenvalue weighted by Gasteiger charge is 2.14. The van der Waals surface area contributed by atoms with Crippen LogP contribution in [0.3, 0.4) is 0 Å². The lowest BCUT2D eigenvalue weighted by Crippen LogP contribution is -2.07. The zero-order valence-electron chi connectivity index (χ0n) is 9.18. The Labute approximate surface area is 105 Å². The van der Waals surface area contributed by atoms with E-state index in [4.69, 9.17) is 9.26 Å². The van der Waals surface area contributed by atoms with Gasteiger partial charge in [-0.1, -0.05) is 5.16 Å². The molecule has 1 N–H and O–H groups in total. The molecule has 0 aromatic carbocycles. The highest BCUT2D eigenvalue weighted by Crippen LogP contribution is 2.33. The van der Waals surface area contributed by atoms with Gasteiger partial charge >= 0.3 is 0 Å². The number of rotatable bonds is 6. The quantitative estimate of drug-likeness (QED) is 0.820. The first-order valence-electron chi connectivity index (χ1n) is 5.12. The van der Waals surface area contributed by atoms with Gasteiger partial charge in [0.15, 0.2) is 5.82 Å². The Hall–Kier alpha value is -1.54. The van der Waals surface area contributed by atoms with Crippen LogP contribution in [0, 0.1) is 0 Å². The Morgan fingerprint density at radius 2 is 2.33 bits per heavy atom. The number of hydrogen-bond acceptors (Lipinski definition) is 6. The summed E-state index contributed by atoms with van der Waals surface area (Å²) < 4.78 is 33.2. The first-order chi connectivity index (χ1) is 8.66. The Balaban J connectivity index is 1.89. The average molecular weight is 276 g/mol. The van der Waals surface area contributed by atoms with Crippen molar-refractivity contribution in [2.45, 2.75) is 12.8 Å². The van der Waals surface area contributed by atoms with Crippen molar-refractivity contribution < 1.29 is 23.1 Å². The summed E-state index contributed by atoms with van der Waals surface area (Å²) in [5.41, 5.74) is 0. The van der Waals surface area contributed by atoms with Crippen LogP contribution in [0.25, 0.3) is 10.8 Å². The molecule has 2 aromatic rings. The van der Waals surface area contributed by atoms with Gasteiger partial charge in [0.05, 0.1) is 6.61 Å². The second kappa shape index (κ2) is 5.87. The minimum absolute atomic E-state index is 0.0733. The number of aromatic nitrogens is 2. The Morgan fingerprint density at radius 1 is 1.50 bits per heavy atom. The van der Waals surface area contributed by atoms with Gasteiger partial charge in [-0.05, 0) is 11.4 Å². The topological polar surface area (TPSA) is 68.4 Å². The lowest BCUT2D eigenvalue weighted by Gasteiger charge is -1.99. The SMILES string of the molecule is Oc1ccsc1-c1nc(CCOCC(F)F)no1. The lowest BCUT2D eigenvalue weighted by molar-refractivity contribution is 0.0182. The van der Waals surface area contributed by atoms with Crippen LogP contribution in [0.15, 0.2) is 16.0 Å². The summed E-state index contributed by atoms with van der Waals surface area (Å²) in [7, 11) is 0. The molecule has 8 heteroatoms. The fraction of sp³-hybridized carbons (Fsp3) is 0.400. The number of thiophene rings is 1. The van der Waals surface area contributed by atoms with Crippen LogP contribution in [0.4, 0.5) is 8.78 Å². The van der Waals surface area contributed by atoms with Crippen molar-refractivity contribution in [3.05, 3.63) is 17.3 Å². The molecule has 0 saturated carbocycles. The summed E-state index contributed by atoms with van der Waals surface area (Å²) in [5, 5.41) is 14.8. The smallest absolute Gasteiger partial charge is 0.271 e. The predicted molar refractivity (Wildman–Crippen MR) is 59.8 cm³/mol. The van der Waals surface area contributed by atoms with Gasteiger partial charge in [-0.3, -0.25) is 0 Å². The van der Waals surface area contributed by atoms with Crippen LogP contribution in [0.5, 0.6) is 5.75 Å². The number of aromatic hydroxyl groups is 1. The van der Waals surface area contributed by atoms with E-state index in [1.165, 1.54) is 17.4 Å². The third-order valence-corrected chi connectivity index (χ3v) is 2.91. The van der Waals surface area contributed by atoms with E-state index in [1.54, 1.807) is 5.38 Å². The van der Waals surface area contributed by atoms with E-state index in [2.05, 4.69) is 10.1 Å². The largest absolute Gasteiger partial charge is 0.506 e. The van der Waals surface area contributed by atoms with Crippen molar-refractivity contribution in [1.29, 1.82) is 0 Å². The molecule has 18 heavy (non-hydrogen) atoms. The summed E-state index contributed by atoms with van der Waals surface area (Å²) >= 11 is 1.27. The van der Waals surface area contributed by atoms with Crippen LogP contribution < -0.4 is 0 Å². The van der Waals surface area contributed by atoms with Crippen molar-refractivity contribution in [3.8, 4) is 16.5 Å². The second-order valence-corrected chi connectivity index (χ2v) is 4.28. The average Bonchev–Trinajstić information content (AvgIpc) is 2.92. The van der Waals surface area contributed by atoms with Crippen LogP contribution >= 0.6 is 11.3 Å². The molecule has 0 unspecified atom stereocenters. The van der Waals surface area contributed by atoms with Gasteiger partial charge < -0.3 is 14.4 Å². The molecule has 5 nitrogen and oxygen atoms in total. The molecule has 2 heterocycles. The highest BCUT2D eigenvalue weighted by atomic mass is 32.1. The number of alkyl halides is 2. The van der Waals surface area contributed by atoms with Crippen molar-refractivity contribution in [3.63, 3.8) is 0 Å². The maximum Gasteiger partial charge on any atom is 0.271 e. The molecule has 2 rings (SSSR count). The number of halogens is 2. The van der Waals surface area contributed by atoms with Gasteiger partial charge in [0.1, 0.15) is 17.2 Å². The monoisotopic (exact) mass is 276 g/mol. The molecule has 0 aliphatic carbocycles. The number of nitrogens with zero attached hydrogens (tertiary/aromatic N) is 2. The summed E-state index contributed by atoms with van der Waals surface area (Å²) in [6.45, 7) is -0.504. The molecule has 0 fully saturated rings. The molecular weight excluding hydrogens is 266 g/mol. The third kappa shape index (κ3) is 3.23. The molecule has 0 aliphatic rings. The van der Waals surface area contributed by atoms with E-state index in [1.807, 2.05) is 0 Å². The van der Waals surface area contributed by atoms with Gasteiger partial charge in [-0.15, -0.1) is 11.3 Å². The molecule has 0 radical (unpaired) electrons. The molecule has 0 saturated heterocycles. The fourth-order valence-electron chi connectivity index (χ4n) is 1.25. The van der Waals surface area contributed by atoms with Crippen LogP contribution in [0.1, 0.15) is 5.82 Å². The highest BCUT2D eigenvalue weighted by molar-refractivity contribution is 7.13. The molecular formula is C10H10F2N2O3S. The van der Waals surface area contributed by atoms with Crippen LogP contribution in [-0.4, -0.2) is 34.9 Å². The predicted octanol–water partition coefficient (Wildman–Crippen LogP) is 2.33. The summed E-state index contributed by atoms with van der Waals surface area (Å²) in [4.78, 5) is 4.52. The first kappa shape index (κ1) is 12.9. The van der Waals surface area contributed by atoms with Gasteiger partial charge in [0.25, 0.3) is 12.3 Å². The van der Waals surface area contributed by atoms with Crippen LogP contribution in [0.2, 0.25) is 0 Å². The van der Waals surface area contributed by atoms with E-state index < -0.39 is 13.0 Å². The normalized spacial score (nSPS) is 11.3. The zero-order chi connectivity index (χ0) is 13.0. The maximum atomic E-state index is 11.8. The van der Waals surface area contributed by atoms with Gasteiger partial charge in [-0.25, -0.2) is 8.78 Å². The van der Waals surface area contributed by atoms with Crippen molar-refractivity contribution in [1.82, 2.24) is 10.1 Å². The van der Waals surface area contributed by atoms with Gasteiger partial charge in [0, 0.05) is 6.42 Å². The third-order valence-electron chi connectivity index (χ3n) is 2.02. The molecule has 0 atom stereocenters. The summed E-state index contributed by atoms with van der Waals surface area (Å²) in [6.07, 6.45) is -2.20. The molecule has 0 spiro atoms. The molecule has 2 aromatic heterocycles. The number of hydrogen-bond donors (Lipinski definition) is 1. The van der Waals surface area contributed by atoms with E-state index in [9.17, 15) is 13.9 Å². The van der Waals surface area contributed by atoms with Crippen molar-refractivity contribution in [2.24, 2.45) is 0 Å². The Kier molecular flexibility index (Phi) is 4.21. The summed E-state index contributed by atoms with van der Waals surface area (Å²) in [6, 6.07) is 1.52. The van der Waals surface area contributed by atoms with Crippen LogP contribution in [-0.2, 0) is 11.2 Å². The Bertz CT molecular complexity index is 501. The van der Waals surface area contributed by atoms with Gasteiger partial charge in [-0.2, -0.15) is 4.98 Å². The van der Waals surface area contributed by atoms with E-state index >= 15 is 0 Å². The molecule has 0 amide bonds. The van der Waals surface area contributed by atoms with E-state index in [-0.39, 0.29) is 24.7 Å². The first-order valence-corrected chi connectivity index (χ1v) is 6.00. The fourth-order valence-corrected chi connectivity index (χ4v) is 1.95.